The first-order valence-corrected chi connectivity index (χ1v) is 7.66. The van der Waals surface area contributed by atoms with Crippen LogP contribution in [0.1, 0.15) is 38.2 Å². The Morgan fingerprint density at radius 1 is 1.30 bits per heavy atom. The van der Waals surface area contributed by atoms with Crippen LogP contribution in [0.3, 0.4) is 0 Å². The Balaban J connectivity index is 2.05. The van der Waals surface area contributed by atoms with Crippen LogP contribution in [0.4, 0.5) is 0 Å². The van der Waals surface area contributed by atoms with Crippen LogP contribution in [0.25, 0.3) is 0 Å². The Labute approximate surface area is 122 Å². The van der Waals surface area contributed by atoms with E-state index >= 15 is 0 Å². The van der Waals surface area contributed by atoms with Crippen molar-refractivity contribution in [1.82, 2.24) is 4.90 Å². The summed E-state index contributed by atoms with van der Waals surface area (Å²) in [5, 5.41) is 9.54. The van der Waals surface area contributed by atoms with Crippen LogP contribution in [-0.4, -0.2) is 24.5 Å². The van der Waals surface area contributed by atoms with Gasteiger partial charge in [0.25, 0.3) is 0 Å². The maximum Gasteiger partial charge on any atom is 0.142 e. The van der Waals surface area contributed by atoms with E-state index in [4.69, 9.17) is 5.73 Å². The van der Waals surface area contributed by atoms with E-state index < -0.39 is 5.54 Å². The minimum absolute atomic E-state index is 0.629. The fourth-order valence-corrected chi connectivity index (χ4v) is 3.07. The van der Waals surface area contributed by atoms with Gasteiger partial charge in [-0.3, -0.25) is 0 Å². The molecule has 0 radical (unpaired) electrons. The molecule has 2 rings (SSSR count). The number of hydrogen-bond donors (Lipinski definition) is 1. The molecule has 108 valence electrons. The van der Waals surface area contributed by atoms with E-state index in [2.05, 4.69) is 17.9 Å². The standard InChI is InChI=1S/C17H25N3/c1-2-15-7-6-11-20(12-10-15)14-17(19,13-18)16-8-4-3-5-9-16/h3-5,8-9,15H,2,6-7,10-12,14,19H2,1H3. The predicted molar refractivity (Wildman–Crippen MR) is 82.0 cm³/mol. The van der Waals surface area contributed by atoms with Gasteiger partial charge in [0.1, 0.15) is 5.54 Å². The number of hydrogen-bond acceptors (Lipinski definition) is 3. The van der Waals surface area contributed by atoms with Crippen LogP contribution in [0.15, 0.2) is 30.3 Å². The summed E-state index contributed by atoms with van der Waals surface area (Å²) in [5.74, 6) is 0.839. The third-order valence-corrected chi connectivity index (χ3v) is 4.48. The molecule has 0 aromatic heterocycles. The van der Waals surface area contributed by atoms with Crippen molar-refractivity contribution in [3.8, 4) is 6.07 Å². The van der Waals surface area contributed by atoms with Gasteiger partial charge in [0.2, 0.25) is 0 Å². The predicted octanol–water partition coefficient (Wildman–Crippen LogP) is 2.88. The van der Waals surface area contributed by atoms with Crippen molar-refractivity contribution >= 4 is 0 Å². The number of likely N-dealkylation sites (tertiary alicyclic amines) is 1. The normalized spacial score (nSPS) is 23.6. The Morgan fingerprint density at radius 3 is 2.70 bits per heavy atom. The molecule has 1 aromatic carbocycles. The summed E-state index contributed by atoms with van der Waals surface area (Å²) in [6.07, 6.45) is 5.02. The lowest BCUT2D eigenvalue weighted by Crippen LogP contribution is -2.47. The molecule has 1 saturated heterocycles. The minimum atomic E-state index is -0.896. The second kappa shape index (κ2) is 6.88. The average molecular weight is 271 g/mol. The average Bonchev–Trinajstić information content (AvgIpc) is 2.73. The molecule has 1 aliphatic heterocycles. The van der Waals surface area contributed by atoms with Crippen LogP contribution in [0, 0.1) is 17.2 Å². The summed E-state index contributed by atoms with van der Waals surface area (Å²) in [7, 11) is 0. The quantitative estimate of drug-likeness (QED) is 0.916. The fourth-order valence-electron chi connectivity index (χ4n) is 3.07. The van der Waals surface area contributed by atoms with Gasteiger partial charge in [-0.15, -0.1) is 0 Å². The fraction of sp³-hybridized carbons (Fsp3) is 0.588. The molecule has 1 aliphatic rings. The van der Waals surface area contributed by atoms with Crippen LogP contribution in [0.2, 0.25) is 0 Å². The molecule has 20 heavy (non-hydrogen) atoms. The molecule has 0 saturated carbocycles. The zero-order chi connectivity index (χ0) is 14.4. The van der Waals surface area contributed by atoms with Crippen LogP contribution in [0.5, 0.6) is 0 Å². The van der Waals surface area contributed by atoms with Crippen molar-refractivity contribution in [3.05, 3.63) is 35.9 Å². The number of rotatable bonds is 4. The molecule has 3 heteroatoms. The smallest absolute Gasteiger partial charge is 0.142 e. The monoisotopic (exact) mass is 271 g/mol. The molecule has 1 aromatic rings. The third kappa shape index (κ3) is 3.59. The summed E-state index contributed by atoms with van der Waals surface area (Å²) in [6, 6.07) is 12.1. The largest absolute Gasteiger partial charge is 0.309 e. The molecule has 1 fully saturated rings. The highest BCUT2D eigenvalue weighted by atomic mass is 15.1. The molecular formula is C17H25N3. The minimum Gasteiger partial charge on any atom is -0.309 e. The lowest BCUT2D eigenvalue weighted by molar-refractivity contribution is 0.239. The highest BCUT2D eigenvalue weighted by molar-refractivity contribution is 5.31. The van der Waals surface area contributed by atoms with Crippen molar-refractivity contribution in [2.24, 2.45) is 11.7 Å². The highest BCUT2D eigenvalue weighted by Crippen LogP contribution is 2.24. The maximum atomic E-state index is 9.54. The van der Waals surface area contributed by atoms with E-state index in [-0.39, 0.29) is 0 Å². The Morgan fingerprint density at radius 2 is 2.05 bits per heavy atom. The van der Waals surface area contributed by atoms with E-state index in [0.717, 1.165) is 24.6 Å². The first-order valence-electron chi connectivity index (χ1n) is 7.66. The van der Waals surface area contributed by atoms with E-state index in [9.17, 15) is 5.26 Å². The van der Waals surface area contributed by atoms with Crippen molar-refractivity contribution in [2.75, 3.05) is 19.6 Å². The van der Waals surface area contributed by atoms with E-state index in [1.807, 2.05) is 30.3 Å². The summed E-state index contributed by atoms with van der Waals surface area (Å²) >= 11 is 0. The molecule has 0 bridgehead atoms. The maximum absolute atomic E-state index is 9.54. The first kappa shape index (κ1) is 15.0. The van der Waals surface area contributed by atoms with Crippen molar-refractivity contribution in [3.63, 3.8) is 0 Å². The third-order valence-electron chi connectivity index (χ3n) is 4.48. The van der Waals surface area contributed by atoms with E-state index in [0.29, 0.717) is 6.54 Å². The zero-order valence-corrected chi connectivity index (χ0v) is 12.4. The first-order chi connectivity index (χ1) is 9.68. The lowest BCUT2D eigenvalue weighted by atomic mass is 9.92. The number of benzene rings is 1. The Bertz CT molecular complexity index is 451. The van der Waals surface area contributed by atoms with Crippen molar-refractivity contribution < 1.29 is 0 Å². The lowest BCUT2D eigenvalue weighted by Gasteiger charge is -2.30. The molecule has 2 atom stereocenters. The van der Waals surface area contributed by atoms with Crippen molar-refractivity contribution in [2.45, 2.75) is 38.1 Å². The topological polar surface area (TPSA) is 53.0 Å². The van der Waals surface area contributed by atoms with Gasteiger partial charge in [0.15, 0.2) is 0 Å². The van der Waals surface area contributed by atoms with Gasteiger partial charge >= 0.3 is 0 Å². The molecule has 0 amide bonds. The van der Waals surface area contributed by atoms with E-state index in [1.165, 1.54) is 25.7 Å². The van der Waals surface area contributed by atoms with E-state index in [1.54, 1.807) is 0 Å². The molecule has 0 aliphatic carbocycles. The van der Waals surface area contributed by atoms with Crippen LogP contribution >= 0.6 is 0 Å². The van der Waals surface area contributed by atoms with Gasteiger partial charge in [-0.1, -0.05) is 43.7 Å². The second-order valence-electron chi connectivity index (χ2n) is 5.93. The Kier molecular flexibility index (Phi) is 5.17. The van der Waals surface area contributed by atoms with Gasteiger partial charge in [-0.05, 0) is 43.8 Å². The number of nitriles is 1. The SMILES string of the molecule is CCC1CCCN(CC(N)(C#N)c2ccccc2)CC1. The second-order valence-corrected chi connectivity index (χ2v) is 5.93. The molecule has 1 heterocycles. The van der Waals surface area contributed by atoms with Gasteiger partial charge in [0, 0.05) is 6.54 Å². The summed E-state index contributed by atoms with van der Waals surface area (Å²) in [6.45, 7) is 5.02. The Hall–Kier alpha value is -1.37. The van der Waals surface area contributed by atoms with Gasteiger partial charge in [-0.25, -0.2) is 0 Å². The van der Waals surface area contributed by atoms with Crippen molar-refractivity contribution in [1.29, 1.82) is 5.26 Å². The molecular weight excluding hydrogens is 246 g/mol. The van der Waals surface area contributed by atoms with Gasteiger partial charge in [-0.2, -0.15) is 5.26 Å². The van der Waals surface area contributed by atoms with Crippen LogP contribution < -0.4 is 5.73 Å². The van der Waals surface area contributed by atoms with Crippen LogP contribution in [-0.2, 0) is 5.54 Å². The number of nitrogens with zero attached hydrogens (tertiary/aromatic N) is 2. The van der Waals surface area contributed by atoms with Gasteiger partial charge < -0.3 is 10.6 Å². The molecule has 2 unspecified atom stereocenters. The highest BCUT2D eigenvalue weighted by Gasteiger charge is 2.30. The summed E-state index contributed by atoms with van der Waals surface area (Å²) < 4.78 is 0. The molecule has 3 nitrogen and oxygen atoms in total. The van der Waals surface area contributed by atoms with Gasteiger partial charge in [0.05, 0.1) is 6.07 Å². The molecule has 0 spiro atoms. The number of nitrogens with two attached hydrogens (primary N) is 1. The summed E-state index contributed by atoms with van der Waals surface area (Å²) in [4.78, 5) is 2.37. The zero-order valence-electron chi connectivity index (χ0n) is 12.4. The summed E-state index contributed by atoms with van der Waals surface area (Å²) in [5.41, 5.74) is 6.38. The molecule has 2 N–H and O–H groups in total.